The highest BCUT2D eigenvalue weighted by atomic mass is 16.5. The molecular weight excluding hydrogens is 224 g/mol. The second-order valence-electron chi connectivity index (χ2n) is 5.96. The molecule has 2 rings (SSSR count). The second-order valence-corrected chi connectivity index (χ2v) is 5.96. The fourth-order valence-corrected chi connectivity index (χ4v) is 3.25. The van der Waals surface area contributed by atoms with Gasteiger partial charge in [0, 0.05) is 25.2 Å². The van der Waals surface area contributed by atoms with Crippen molar-refractivity contribution in [2.24, 2.45) is 11.8 Å². The van der Waals surface area contributed by atoms with E-state index in [0.29, 0.717) is 5.92 Å². The average molecular weight is 250 g/mol. The van der Waals surface area contributed by atoms with Gasteiger partial charge in [0.25, 0.3) is 0 Å². The first kappa shape index (κ1) is 13.8. The Morgan fingerprint density at radius 2 is 1.78 bits per heavy atom. The Morgan fingerprint density at radius 1 is 1.11 bits per heavy atom. The molecule has 0 amide bonds. The summed E-state index contributed by atoms with van der Waals surface area (Å²) in [4.78, 5) is 2.53. The smallest absolute Gasteiger partial charge is 0.0655 e. The molecule has 3 heteroatoms. The van der Waals surface area contributed by atoms with E-state index in [-0.39, 0.29) is 0 Å². The zero-order valence-corrected chi connectivity index (χ0v) is 11.6. The molecule has 0 aromatic carbocycles. The van der Waals surface area contributed by atoms with Crippen molar-refractivity contribution in [2.45, 2.75) is 51.0 Å². The Balaban J connectivity index is 1.65. The molecule has 2 fully saturated rings. The van der Waals surface area contributed by atoms with Crippen molar-refractivity contribution in [3.63, 3.8) is 0 Å². The van der Waals surface area contributed by atoms with Gasteiger partial charge in [-0.1, -0.05) is 0 Å². The lowest BCUT2D eigenvalue weighted by Crippen LogP contribution is -2.36. The highest BCUT2D eigenvalue weighted by Gasteiger charge is 2.24. The van der Waals surface area contributed by atoms with E-state index in [1.165, 1.54) is 38.6 Å². The molecule has 2 aliphatic rings. The minimum atomic E-state index is 0.324. The molecule has 0 unspecified atom stereocenters. The maximum absolute atomic E-state index is 8.91. The zero-order valence-electron chi connectivity index (χ0n) is 11.6. The lowest BCUT2D eigenvalue weighted by Gasteiger charge is -2.34. The molecule has 1 saturated carbocycles. The van der Waals surface area contributed by atoms with Gasteiger partial charge in [0.2, 0.25) is 0 Å². The van der Waals surface area contributed by atoms with Crippen molar-refractivity contribution in [2.75, 3.05) is 26.8 Å². The number of hydrogen-bond donors (Lipinski definition) is 0. The third-order valence-electron chi connectivity index (χ3n) is 4.73. The van der Waals surface area contributed by atoms with Gasteiger partial charge in [-0.3, -0.25) is 0 Å². The van der Waals surface area contributed by atoms with E-state index in [9.17, 15) is 0 Å². The monoisotopic (exact) mass is 250 g/mol. The van der Waals surface area contributed by atoms with Crippen LogP contribution in [0.4, 0.5) is 0 Å². The van der Waals surface area contributed by atoms with Crippen LogP contribution in [0, 0.1) is 23.2 Å². The van der Waals surface area contributed by atoms with Gasteiger partial charge < -0.3 is 9.64 Å². The number of rotatable bonds is 4. The highest BCUT2D eigenvalue weighted by molar-refractivity contribution is 4.89. The van der Waals surface area contributed by atoms with Crippen LogP contribution < -0.4 is 0 Å². The van der Waals surface area contributed by atoms with Gasteiger partial charge in [-0.15, -0.1) is 0 Å². The fourth-order valence-electron chi connectivity index (χ4n) is 3.25. The second kappa shape index (κ2) is 7.11. The number of nitriles is 1. The van der Waals surface area contributed by atoms with E-state index in [4.69, 9.17) is 10.00 Å². The number of nitrogens with zero attached hydrogens (tertiary/aromatic N) is 2. The minimum Gasteiger partial charge on any atom is -0.381 e. The van der Waals surface area contributed by atoms with Gasteiger partial charge in [-0.05, 0) is 64.5 Å². The summed E-state index contributed by atoms with van der Waals surface area (Å²) >= 11 is 0. The molecule has 0 atom stereocenters. The molecule has 1 heterocycles. The first-order chi connectivity index (χ1) is 8.79. The Kier molecular flexibility index (Phi) is 5.46. The van der Waals surface area contributed by atoms with Gasteiger partial charge in [0.05, 0.1) is 6.07 Å². The van der Waals surface area contributed by atoms with E-state index in [1.54, 1.807) is 0 Å². The van der Waals surface area contributed by atoms with Gasteiger partial charge in [-0.2, -0.15) is 5.26 Å². The predicted molar refractivity (Wildman–Crippen MR) is 72.1 cm³/mol. The summed E-state index contributed by atoms with van der Waals surface area (Å²) in [6.07, 6.45) is 8.43. The van der Waals surface area contributed by atoms with E-state index >= 15 is 0 Å². The lowest BCUT2D eigenvalue weighted by molar-refractivity contribution is 0.0580. The third kappa shape index (κ3) is 3.96. The van der Waals surface area contributed by atoms with Crippen LogP contribution in [-0.4, -0.2) is 37.7 Å². The third-order valence-corrected chi connectivity index (χ3v) is 4.73. The topological polar surface area (TPSA) is 36.3 Å². The minimum absolute atomic E-state index is 0.324. The Morgan fingerprint density at radius 3 is 2.39 bits per heavy atom. The normalized spacial score (nSPS) is 30.3. The van der Waals surface area contributed by atoms with Crippen molar-refractivity contribution in [3.05, 3.63) is 0 Å². The standard InChI is InChI=1S/C15H26N2O/c1-17(9-6-13-7-10-18-11-8-13)15-4-2-14(12-16)3-5-15/h13-15H,2-11H2,1H3. The van der Waals surface area contributed by atoms with Crippen molar-refractivity contribution < 1.29 is 4.74 Å². The van der Waals surface area contributed by atoms with Crippen LogP contribution in [0.25, 0.3) is 0 Å². The summed E-state index contributed by atoms with van der Waals surface area (Å²) in [5.41, 5.74) is 0. The molecular formula is C15H26N2O. The molecule has 0 N–H and O–H groups in total. The Bertz CT molecular complexity index is 273. The Labute approximate surface area is 111 Å². The summed E-state index contributed by atoms with van der Waals surface area (Å²) in [6.45, 7) is 3.13. The number of hydrogen-bond acceptors (Lipinski definition) is 3. The van der Waals surface area contributed by atoms with Gasteiger partial charge in [-0.25, -0.2) is 0 Å². The van der Waals surface area contributed by atoms with E-state index < -0.39 is 0 Å². The fraction of sp³-hybridized carbons (Fsp3) is 0.933. The summed E-state index contributed by atoms with van der Waals surface area (Å²) in [5, 5.41) is 8.91. The SMILES string of the molecule is CN(CCC1CCOCC1)C1CCC(C#N)CC1. The van der Waals surface area contributed by atoms with Crippen LogP contribution in [0.2, 0.25) is 0 Å². The molecule has 1 saturated heterocycles. The van der Waals surface area contributed by atoms with Crippen LogP contribution in [0.1, 0.15) is 44.9 Å². The molecule has 0 radical (unpaired) electrons. The average Bonchev–Trinajstić information content (AvgIpc) is 2.46. The van der Waals surface area contributed by atoms with Crippen molar-refractivity contribution >= 4 is 0 Å². The molecule has 0 spiro atoms. The zero-order chi connectivity index (χ0) is 12.8. The van der Waals surface area contributed by atoms with Crippen LogP contribution in [0.3, 0.4) is 0 Å². The van der Waals surface area contributed by atoms with Crippen molar-refractivity contribution in [1.82, 2.24) is 4.90 Å². The largest absolute Gasteiger partial charge is 0.381 e. The summed E-state index contributed by atoms with van der Waals surface area (Å²) < 4.78 is 5.40. The highest BCUT2D eigenvalue weighted by Crippen LogP contribution is 2.27. The predicted octanol–water partition coefficient (Wildman–Crippen LogP) is 2.82. The quantitative estimate of drug-likeness (QED) is 0.770. The molecule has 0 aromatic rings. The molecule has 1 aliphatic carbocycles. The van der Waals surface area contributed by atoms with Gasteiger partial charge in [0.15, 0.2) is 0 Å². The maximum atomic E-state index is 8.91. The first-order valence-electron chi connectivity index (χ1n) is 7.47. The summed E-state index contributed by atoms with van der Waals surface area (Å²) in [6, 6.07) is 3.13. The van der Waals surface area contributed by atoms with Crippen LogP contribution in [0.5, 0.6) is 0 Å². The van der Waals surface area contributed by atoms with Crippen LogP contribution in [0.15, 0.2) is 0 Å². The van der Waals surface area contributed by atoms with E-state index in [0.717, 1.165) is 38.0 Å². The Hall–Kier alpha value is -0.590. The molecule has 18 heavy (non-hydrogen) atoms. The molecule has 1 aliphatic heterocycles. The van der Waals surface area contributed by atoms with Crippen LogP contribution in [-0.2, 0) is 4.74 Å². The maximum Gasteiger partial charge on any atom is 0.0655 e. The van der Waals surface area contributed by atoms with Crippen LogP contribution >= 0.6 is 0 Å². The number of ether oxygens (including phenoxy) is 1. The van der Waals surface area contributed by atoms with E-state index in [2.05, 4.69) is 18.0 Å². The summed E-state index contributed by atoms with van der Waals surface area (Å²) in [5.74, 6) is 1.20. The lowest BCUT2D eigenvalue weighted by atomic mass is 9.86. The molecule has 3 nitrogen and oxygen atoms in total. The van der Waals surface area contributed by atoms with Crippen molar-refractivity contribution in [3.8, 4) is 6.07 Å². The van der Waals surface area contributed by atoms with Gasteiger partial charge >= 0.3 is 0 Å². The molecule has 0 aromatic heterocycles. The first-order valence-corrected chi connectivity index (χ1v) is 7.47. The van der Waals surface area contributed by atoms with Gasteiger partial charge in [0.1, 0.15) is 0 Å². The molecule has 0 bridgehead atoms. The summed E-state index contributed by atoms with van der Waals surface area (Å²) in [7, 11) is 2.26. The van der Waals surface area contributed by atoms with E-state index in [1.807, 2.05) is 0 Å². The molecule has 102 valence electrons. The van der Waals surface area contributed by atoms with Crippen molar-refractivity contribution in [1.29, 1.82) is 5.26 Å².